The summed E-state index contributed by atoms with van der Waals surface area (Å²) >= 11 is 0. The van der Waals surface area contributed by atoms with Crippen LogP contribution in [0.3, 0.4) is 0 Å². The topological polar surface area (TPSA) is 52.6 Å². The summed E-state index contributed by atoms with van der Waals surface area (Å²) in [6.07, 6.45) is 0.900. The number of benzene rings is 1. The Balaban J connectivity index is 1.61. The largest absolute Gasteiger partial charge is 0.338 e. The van der Waals surface area contributed by atoms with Crippen LogP contribution in [0, 0.1) is 6.92 Å². The summed E-state index contributed by atoms with van der Waals surface area (Å²) in [5.41, 5.74) is 3.55. The van der Waals surface area contributed by atoms with E-state index in [1.807, 2.05) is 30.0 Å². The first-order valence-corrected chi connectivity index (χ1v) is 8.81. The van der Waals surface area contributed by atoms with Crippen LogP contribution in [0.25, 0.3) is 0 Å². The minimum Gasteiger partial charge on any atom is -0.338 e. The Morgan fingerprint density at radius 1 is 1.04 bits per heavy atom. The maximum atomic E-state index is 13.1. The van der Waals surface area contributed by atoms with Gasteiger partial charge >= 0.3 is 0 Å². The van der Waals surface area contributed by atoms with Gasteiger partial charge in [0.1, 0.15) is 5.69 Å². The zero-order valence-corrected chi connectivity index (χ0v) is 14.8. The SMILES string of the molecule is Cc1cc(C(=O)N2CCc3ccccc32)nc(N2CCN(C)CC2)n1. The van der Waals surface area contributed by atoms with Crippen molar-refractivity contribution in [2.45, 2.75) is 13.3 Å². The molecule has 2 aliphatic rings. The molecular formula is C19H23N5O. The Kier molecular flexibility index (Phi) is 4.13. The number of rotatable bonds is 2. The van der Waals surface area contributed by atoms with E-state index in [1.165, 1.54) is 5.56 Å². The van der Waals surface area contributed by atoms with E-state index < -0.39 is 0 Å². The number of likely N-dealkylation sites (N-methyl/N-ethyl adjacent to an activating group) is 1. The zero-order valence-electron chi connectivity index (χ0n) is 14.8. The van der Waals surface area contributed by atoms with Gasteiger partial charge in [-0.1, -0.05) is 18.2 Å². The fourth-order valence-corrected chi connectivity index (χ4v) is 3.50. The molecule has 4 rings (SSSR count). The summed E-state index contributed by atoms with van der Waals surface area (Å²) in [5.74, 6) is 0.634. The van der Waals surface area contributed by atoms with Crippen molar-refractivity contribution in [1.82, 2.24) is 14.9 Å². The van der Waals surface area contributed by atoms with E-state index >= 15 is 0 Å². The lowest BCUT2D eigenvalue weighted by atomic mass is 10.2. The third-order valence-corrected chi connectivity index (χ3v) is 4.98. The Labute approximate surface area is 148 Å². The molecular weight excluding hydrogens is 314 g/mol. The minimum absolute atomic E-state index is 0.0363. The van der Waals surface area contributed by atoms with E-state index in [0.717, 1.165) is 44.0 Å². The van der Waals surface area contributed by atoms with E-state index in [0.29, 0.717) is 18.2 Å². The van der Waals surface area contributed by atoms with Crippen LogP contribution in [0.5, 0.6) is 0 Å². The van der Waals surface area contributed by atoms with E-state index in [4.69, 9.17) is 0 Å². The van der Waals surface area contributed by atoms with Crippen LogP contribution in [-0.4, -0.2) is 60.5 Å². The van der Waals surface area contributed by atoms with Gasteiger partial charge in [0.05, 0.1) is 0 Å². The van der Waals surface area contributed by atoms with Crippen molar-refractivity contribution in [1.29, 1.82) is 0 Å². The normalized spacial score (nSPS) is 17.7. The number of aromatic nitrogens is 2. The molecule has 1 aromatic heterocycles. The number of piperazine rings is 1. The number of amides is 1. The van der Waals surface area contributed by atoms with Gasteiger partial charge in [-0.3, -0.25) is 4.79 Å². The number of hydrogen-bond acceptors (Lipinski definition) is 5. The maximum absolute atomic E-state index is 13.1. The Hall–Kier alpha value is -2.47. The van der Waals surface area contributed by atoms with E-state index in [-0.39, 0.29) is 5.91 Å². The van der Waals surface area contributed by atoms with Gasteiger partial charge in [0.2, 0.25) is 5.95 Å². The first kappa shape index (κ1) is 16.0. The lowest BCUT2D eigenvalue weighted by Crippen LogP contribution is -2.45. The molecule has 0 bridgehead atoms. The molecule has 2 aromatic rings. The number of carbonyl (C=O) groups excluding carboxylic acids is 1. The average Bonchev–Trinajstić information content (AvgIpc) is 3.05. The number of anilines is 2. The first-order chi connectivity index (χ1) is 12.1. The molecule has 1 saturated heterocycles. The zero-order chi connectivity index (χ0) is 17.4. The van der Waals surface area contributed by atoms with Crippen LogP contribution >= 0.6 is 0 Å². The Bertz CT molecular complexity index is 798. The Morgan fingerprint density at radius 3 is 2.60 bits per heavy atom. The van der Waals surface area contributed by atoms with Crippen LogP contribution in [0.2, 0.25) is 0 Å². The highest BCUT2D eigenvalue weighted by Gasteiger charge is 2.27. The standard InChI is InChI=1S/C19H23N5O/c1-14-13-16(21-19(20-14)23-11-9-22(2)10-12-23)18(25)24-8-7-15-5-3-4-6-17(15)24/h3-6,13H,7-12H2,1-2H3. The highest BCUT2D eigenvalue weighted by molar-refractivity contribution is 6.06. The summed E-state index contributed by atoms with van der Waals surface area (Å²) < 4.78 is 0. The third-order valence-electron chi connectivity index (χ3n) is 4.98. The molecule has 130 valence electrons. The number of hydrogen-bond donors (Lipinski definition) is 0. The first-order valence-electron chi connectivity index (χ1n) is 8.81. The van der Waals surface area contributed by atoms with E-state index in [1.54, 1.807) is 6.07 Å². The second-order valence-electron chi connectivity index (χ2n) is 6.82. The van der Waals surface area contributed by atoms with Crippen molar-refractivity contribution in [3.63, 3.8) is 0 Å². The summed E-state index contributed by atoms with van der Waals surface area (Å²) in [4.78, 5) is 28.5. The summed E-state index contributed by atoms with van der Waals surface area (Å²) in [5, 5.41) is 0. The number of nitrogens with zero attached hydrogens (tertiary/aromatic N) is 5. The average molecular weight is 337 g/mol. The molecule has 3 heterocycles. The summed E-state index contributed by atoms with van der Waals surface area (Å²) in [7, 11) is 2.12. The van der Waals surface area contributed by atoms with E-state index in [9.17, 15) is 4.79 Å². The van der Waals surface area contributed by atoms with Crippen LogP contribution in [0.15, 0.2) is 30.3 Å². The summed E-state index contributed by atoms with van der Waals surface area (Å²) in [6.45, 7) is 6.39. The van der Waals surface area contributed by atoms with Crippen LogP contribution < -0.4 is 9.80 Å². The Morgan fingerprint density at radius 2 is 1.80 bits per heavy atom. The molecule has 0 unspecified atom stereocenters. The molecule has 1 amide bonds. The minimum atomic E-state index is -0.0363. The van der Waals surface area contributed by atoms with Gasteiger partial charge in [-0.15, -0.1) is 0 Å². The molecule has 0 atom stereocenters. The highest BCUT2D eigenvalue weighted by atomic mass is 16.2. The number of aryl methyl sites for hydroxylation is 1. The predicted octanol–water partition coefficient (Wildman–Crippen LogP) is 1.74. The number of fused-ring (bicyclic) bond motifs is 1. The molecule has 6 nitrogen and oxygen atoms in total. The van der Waals surface area contributed by atoms with Gasteiger partial charge in [-0.25, -0.2) is 9.97 Å². The van der Waals surface area contributed by atoms with Gasteiger partial charge in [0.15, 0.2) is 0 Å². The number of para-hydroxylation sites is 1. The molecule has 0 spiro atoms. The second-order valence-corrected chi connectivity index (χ2v) is 6.82. The molecule has 0 saturated carbocycles. The number of carbonyl (C=O) groups is 1. The van der Waals surface area contributed by atoms with Gasteiger partial charge in [0, 0.05) is 44.1 Å². The van der Waals surface area contributed by atoms with Crippen molar-refractivity contribution < 1.29 is 4.79 Å². The smallest absolute Gasteiger partial charge is 0.277 e. The molecule has 0 aliphatic carbocycles. The third kappa shape index (κ3) is 3.09. The predicted molar refractivity (Wildman–Crippen MR) is 98.3 cm³/mol. The lowest BCUT2D eigenvalue weighted by Gasteiger charge is -2.32. The van der Waals surface area contributed by atoms with Crippen LogP contribution in [-0.2, 0) is 6.42 Å². The quantitative estimate of drug-likeness (QED) is 0.835. The monoisotopic (exact) mass is 337 g/mol. The molecule has 0 N–H and O–H groups in total. The van der Waals surface area contributed by atoms with Gasteiger partial charge in [0.25, 0.3) is 5.91 Å². The van der Waals surface area contributed by atoms with E-state index in [2.05, 4.69) is 32.9 Å². The molecule has 25 heavy (non-hydrogen) atoms. The van der Waals surface area contributed by atoms with Gasteiger partial charge in [-0.2, -0.15) is 0 Å². The highest BCUT2D eigenvalue weighted by Crippen LogP contribution is 2.28. The van der Waals surface area contributed by atoms with Crippen molar-refractivity contribution >= 4 is 17.5 Å². The molecule has 1 fully saturated rings. The fourth-order valence-electron chi connectivity index (χ4n) is 3.50. The van der Waals surface area contributed by atoms with Crippen molar-refractivity contribution in [2.75, 3.05) is 49.6 Å². The maximum Gasteiger partial charge on any atom is 0.277 e. The van der Waals surface area contributed by atoms with Crippen molar-refractivity contribution in [2.24, 2.45) is 0 Å². The fraction of sp³-hybridized carbons (Fsp3) is 0.421. The van der Waals surface area contributed by atoms with Crippen molar-refractivity contribution in [3.05, 3.63) is 47.3 Å². The summed E-state index contributed by atoms with van der Waals surface area (Å²) in [6, 6.07) is 9.89. The van der Waals surface area contributed by atoms with Crippen LogP contribution in [0.1, 0.15) is 21.7 Å². The van der Waals surface area contributed by atoms with Crippen LogP contribution in [0.4, 0.5) is 11.6 Å². The van der Waals surface area contributed by atoms with Gasteiger partial charge < -0.3 is 14.7 Å². The molecule has 1 aromatic carbocycles. The molecule has 2 aliphatic heterocycles. The second kappa shape index (κ2) is 6.44. The molecule has 6 heteroatoms. The van der Waals surface area contributed by atoms with Gasteiger partial charge in [-0.05, 0) is 38.1 Å². The van der Waals surface area contributed by atoms with Crippen molar-refractivity contribution in [3.8, 4) is 0 Å². The molecule has 0 radical (unpaired) electrons. The lowest BCUT2D eigenvalue weighted by molar-refractivity contribution is 0.0984.